The topological polar surface area (TPSA) is 20.3 Å². The van der Waals surface area contributed by atoms with Crippen LogP contribution in [0.2, 0.25) is 0 Å². The zero-order valence-electron chi connectivity index (χ0n) is 14.1. The smallest absolute Gasteiger partial charge is 0.220 e. The van der Waals surface area contributed by atoms with Gasteiger partial charge in [-0.15, -0.1) is 0 Å². The first-order valence-electron chi connectivity index (χ1n) is 7.71. The Kier molecular flexibility index (Phi) is 5.17. The molecule has 0 N–H and O–H groups in total. The third-order valence-electron chi connectivity index (χ3n) is 4.39. The van der Waals surface area contributed by atoms with Gasteiger partial charge in [-0.2, -0.15) is 0 Å². The van der Waals surface area contributed by atoms with Crippen LogP contribution in [0.25, 0.3) is 5.57 Å². The van der Waals surface area contributed by atoms with Crippen molar-refractivity contribution in [2.75, 3.05) is 6.54 Å². The molecule has 0 saturated carbocycles. The second kappa shape index (κ2) is 6.95. The van der Waals surface area contributed by atoms with E-state index in [0.717, 1.165) is 17.7 Å². The van der Waals surface area contributed by atoms with Crippen molar-refractivity contribution in [1.82, 2.24) is 4.90 Å². The summed E-state index contributed by atoms with van der Waals surface area (Å²) in [6.07, 6.45) is 9.00. The summed E-state index contributed by atoms with van der Waals surface area (Å²) in [6, 6.07) is 3.36. The molecule has 1 aliphatic heterocycles. The highest BCUT2D eigenvalue weighted by Gasteiger charge is 2.39. The quantitative estimate of drug-likeness (QED) is 0.736. The molecule has 1 aromatic carbocycles. The number of allylic oxidation sites excluding steroid dienone is 4. The van der Waals surface area contributed by atoms with Gasteiger partial charge >= 0.3 is 0 Å². The van der Waals surface area contributed by atoms with Gasteiger partial charge in [-0.3, -0.25) is 4.79 Å². The first kappa shape index (κ1) is 17.9. The molecule has 2 nitrogen and oxygen atoms in total. The monoisotopic (exact) mass is 329 g/mol. The molecule has 2 rings (SSSR count). The van der Waals surface area contributed by atoms with Crippen molar-refractivity contribution >= 4 is 11.5 Å². The van der Waals surface area contributed by atoms with Gasteiger partial charge in [0.05, 0.1) is 5.54 Å². The number of amides is 1. The van der Waals surface area contributed by atoms with E-state index in [2.05, 4.69) is 6.58 Å². The van der Waals surface area contributed by atoms with Crippen LogP contribution in [0.4, 0.5) is 8.78 Å². The van der Waals surface area contributed by atoms with Crippen molar-refractivity contribution in [2.24, 2.45) is 0 Å². The van der Waals surface area contributed by atoms with Crippen molar-refractivity contribution in [2.45, 2.75) is 26.3 Å². The molecule has 126 valence electrons. The predicted octanol–water partition coefficient (Wildman–Crippen LogP) is 4.66. The Bertz CT molecular complexity index is 761. The molecule has 1 aromatic rings. The number of hydrogen-bond acceptors (Lipinski definition) is 1. The number of rotatable bonds is 4. The van der Waals surface area contributed by atoms with Crippen LogP contribution in [0.3, 0.4) is 0 Å². The molecule has 1 atom stereocenters. The molecule has 0 bridgehead atoms. The number of hydrogen-bond donors (Lipinski definition) is 0. The molecule has 1 amide bonds. The van der Waals surface area contributed by atoms with Gasteiger partial charge in [0.25, 0.3) is 0 Å². The summed E-state index contributed by atoms with van der Waals surface area (Å²) in [5.74, 6) is -1.12. The molecule has 1 aliphatic rings. The summed E-state index contributed by atoms with van der Waals surface area (Å²) < 4.78 is 27.6. The minimum Gasteiger partial charge on any atom is -0.326 e. The Morgan fingerprint density at radius 2 is 2.00 bits per heavy atom. The fraction of sp³-hybridized carbons (Fsp3) is 0.250. The highest BCUT2D eigenvalue weighted by molar-refractivity contribution is 5.83. The highest BCUT2D eigenvalue weighted by atomic mass is 19.1. The van der Waals surface area contributed by atoms with E-state index in [-0.39, 0.29) is 18.0 Å². The van der Waals surface area contributed by atoms with Gasteiger partial charge in [0.15, 0.2) is 0 Å². The van der Waals surface area contributed by atoms with Gasteiger partial charge in [0.2, 0.25) is 5.91 Å². The fourth-order valence-electron chi connectivity index (χ4n) is 2.92. The molecule has 4 heteroatoms. The molecule has 1 heterocycles. The normalized spacial score (nSPS) is 21.3. The van der Waals surface area contributed by atoms with Crippen molar-refractivity contribution in [3.8, 4) is 0 Å². The molecule has 24 heavy (non-hydrogen) atoms. The minimum absolute atomic E-state index is 0.124. The van der Waals surface area contributed by atoms with Crippen molar-refractivity contribution in [1.29, 1.82) is 0 Å². The highest BCUT2D eigenvalue weighted by Crippen LogP contribution is 2.38. The first-order valence-corrected chi connectivity index (χ1v) is 7.71. The van der Waals surface area contributed by atoms with E-state index in [4.69, 9.17) is 0 Å². The van der Waals surface area contributed by atoms with E-state index >= 15 is 0 Å². The molecule has 0 radical (unpaired) electrons. The molecule has 0 saturated heterocycles. The van der Waals surface area contributed by atoms with E-state index in [0.29, 0.717) is 5.57 Å². The lowest BCUT2D eigenvalue weighted by Crippen LogP contribution is -2.45. The molecule has 0 aliphatic carbocycles. The summed E-state index contributed by atoms with van der Waals surface area (Å²) in [4.78, 5) is 13.7. The van der Waals surface area contributed by atoms with Gasteiger partial charge in [-0.05, 0) is 49.3 Å². The Morgan fingerprint density at radius 3 is 2.62 bits per heavy atom. The van der Waals surface area contributed by atoms with E-state index in [1.54, 1.807) is 17.1 Å². The lowest BCUT2D eigenvalue weighted by Gasteiger charge is -2.35. The zero-order chi connectivity index (χ0) is 17.9. The summed E-state index contributed by atoms with van der Waals surface area (Å²) in [5, 5.41) is 0. The Morgan fingerprint density at radius 1 is 1.29 bits per heavy atom. The average molecular weight is 329 g/mol. The lowest BCUT2D eigenvalue weighted by molar-refractivity contribution is -0.130. The summed E-state index contributed by atoms with van der Waals surface area (Å²) >= 11 is 0. The third kappa shape index (κ3) is 3.37. The maximum Gasteiger partial charge on any atom is 0.220 e. The van der Waals surface area contributed by atoms with Crippen LogP contribution >= 0.6 is 0 Å². The number of benzene rings is 1. The minimum atomic E-state index is -0.689. The van der Waals surface area contributed by atoms with Crippen molar-refractivity contribution < 1.29 is 13.6 Å². The predicted molar refractivity (Wildman–Crippen MR) is 93.2 cm³/mol. The standard InChI is InChI=1S/C20H21F2NO/c1-5-6-7-8-14(2)20(4)12-16(13-23(20)15(3)24)18-11-17(21)9-10-19(18)22/h5-12H,1,13H2,2-4H3/b7-6-,14-8+. The summed E-state index contributed by atoms with van der Waals surface area (Å²) in [6.45, 7) is 9.13. The van der Waals surface area contributed by atoms with Crippen molar-refractivity contribution in [3.63, 3.8) is 0 Å². The van der Waals surface area contributed by atoms with Crippen molar-refractivity contribution in [3.05, 3.63) is 77.9 Å². The van der Waals surface area contributed by atoms with Crippen LogP contribution in [0, 0.1) is 11.6 Å². The van der Waals surface area contributed by atoms with Gasteiger partial charge in [0.1, 0.15) is 11.6 Å². The van der Waals surface area contributed by atoms with E-state index in [1.165, 1.54) is 13.0 Å². The number of carbonyl (C=O) groups excluding carboxylic acids is 1. The third-order valence-corrected chi connectivity index (χ3v) is 4.39. The van der Waals surface area contributed by atoms with Gasteiger partial charge in [0, 0.05) is 19.0 Å². The van der Waals surface area contributed by atoms with Crippen LogP contribution in [0.15, 0.2) is 60.7 Å². The molecule has 1 unspecified atom stereocenters. The van der Waals surface area contributed by atoms with Crippen LogP contribution < -0.4 is 0 Å². The maximum absolute atomic E-state index is 14.1. The van der Waals surface area contributed by atoms with Crippen LogP contribution in [0.1, 0.15) is 26.3 Å². The molecule has 0 fully saturated rings. The van der Waals surface area contributed by atoms with Crippen LogP contribution in [-0.2, 0) is 4.79 Å². The second-order valence-electron chi connectivity index (χ2n) is 6.02. The van der Waals surface area contributed by atoms with Crippen LogP contribution in [-0.4, -0.2) is 22.9 Å². The van der Waals surface area contributed by atoms with E-state index in [9.17, 15) is 13.6 Å². The van der Waals surface area contributed by atoms with Gasteiger partial charge in [-0.25, -0.2) is 8.78 Å². The van der Waals surface area contributed by atoms with Gasteiger partial charge < -0.3 is 4.90 Å². The summed E-state index contributed by atoms with van der Waals surface area (Å²) in [7, 11) is 0. The molecular weight excluding hydrogens is 308 g/mol. The Hall–Kier alpha value is -2.49. The second-order valence-corrected chi connectivity index (χ2v) is 6.02. The van der Waals surface area contributed by atoms with Crippen LogP contribution in [0.5, 0.6) is 0 Å². The fourth-order valence-corrected chi connectivity index (χ4v) is 2.92. The largest absolute Gasteiger partial charge is 0.326 e. The average Bonchev–Trinajstić information content (AvgIpc) is 2.89. The number of carbonyl (C=O) groups is 1. The van der Waals surface area contributed by atoms with Gasteiger partial charge in [-0.1, -0.05) is 30.9 Å². The van der Waals surface area contributed by atoms with E-state index in [1.807, 2.05) is 32.1 Å². The Balaban J connectivity index is 2.51. The summed E-state index contributed by atoms with van der Waals surface area (Å²) in [5.41, 5.74) is 1.03. The zero-order valence-corrected chi connectivity index (χ0v) is 14.1. The van der Waals surface area contributed by atoms with E-state index < -0.39 is 17.2 Å². The lowest BCUT2D eigenvalue weighted by atomic mass is 9.91. The molecule has 0 spiro atoms. The maximum atomic E-state index is 14.1. The molecular formula is C20H21F2NO. The molecule has 0 aromatic heterocycles. The first-order chi connectivity index (χ1) is 11.3. The Labute approximate surface area is 141 Å². The number of nitrogens with zero attached hydrogens (tertiary/aromatic N) is 1. The number of halogens is 2. The SMILES string of the molecule is C=C/C=C\C=C(/C)C1(C)C=C(c2cc(F)ccc2F)CN1C(C)=O.